The van der Waals surface area contributed by atoms with Gasteiger partial charge in [-0.2, -0.15) is 0 Å². The molecule has 1 atom stereocenters. The van der Waals surface area contributed by atoms with Gasteiger partial charge in [-0.25, -0.2) is 0 Å². The van der Waals surface area contributed by atoms with Crippen molar-refractivity contribution in [3.05, 3.63) is 35.4 Å². The number of hydrogen-bond acceptors (Lipinski definition) is 0. The summed E-state index contributed by atoms with van der Waals surface area (Å²) in [5.74, 6) is 0.812. The number of aryl methyl sites for hydroxylation is 1. The molecule has 0 aromatic heterocycles. The van der Waals surface area contributed by atoms with Crippen molar-refractivity contribution >= 4 is 0 Å². The molecule has 0 aliphatic rings. The third kappa shape index (κ3) is 3.22. The van der Waals surface area contributed by atoms with Crippen LogP contribution in [-0.4, -0.2) is 0 Å². The maximum atomic E-state index is 2.31. The van der Waals surface area contributed by atoms with Crippen molar-refractivity contribution < 1.29 is 0 Å². The molecule has 1 aromatic rings. The molecule has 0 nitrogen and oxygen atoms in total. The SMILES string of the molecule is CCc1ccc(C[C@@H](C)CC)cc1. The molecular formula is C13H20. The van der Waals surface area contributed by atoms with Gasteiger partial charge in [-0.3, -0.25) is 0 Å². The van der Waals surface area contributed by atoms with Crippen LogP contribution in [0.5, 0.6) is 0 Å². The second-order valence-electron chi connectivity index (χ2n) is 3.89. The first-order valence-corrected chi connectivity index (χ1v) is 5.34. The Morgan fingerprint density at radius 1 is 1.00 bits per heavy atom. The zero-order valence-corrected chi connectivity index (χ0v) is 9.01. The number of hydrogen-bond donors (Lipinski definition) is 0. The van der Waals surface area contributed by atoms with Gasteiger partial charge in [0.1, 0.15) is 0 Å². The monoisotopic (exact) mass is 176 g/mol. The van der Waals surface area contributed by atoms with E-state index in [0.29, 0.717) is 0 Å². The molecule has 0 heterocycles. The summed E-state index contributed by atoms with van der Waals surface area (Å²) in [6, 6.07) is 9.03. The molecule has 1 aromatic carbocycles. The van der Waals surface area contributed by atoms with Crippen molar-refractivity contribution in [1.29, 1.82) is 0 Å². The minimum atomic E-state index is 0.812. The normalized spacial score (nSPS) is 12.8. The van der Waals surface area contributed by atoms with E-state index in [-0.39, 0.29) is 0 Å². The maximum Gasteiger partial charge on any atom is -0.0253 e. The molecule has 0 saturated carbocycles. The maximum absolute atomic E-state index is 2.31. The van der Waals surface area contributed by atoms with E-state index < -0.39 is 0 Å². The van der Waals surface area contributed by atoms with Crippen molar-refractivity contribution in [2.24, 2.45) is 5.92 Å². The van der Waals surface area contributed by atoms with Crippen molar-refractivity contribution in [1.82, 2.24) is 0 Å². The highest BCUT2D eigenvalue weighted by molar-refractivity contribution is 5.22. The molecule has 0 spiro atoms. The van der Waals surface area contributed by atoms with Crippen LogP contribution in [0.1, 0.15) is 38.3 Å². The molecule has 0 aliphatic carbocycles. The standard InChI is InChI=1S/C13H20/c1-4-11(3)10-13-8-6-12(5-2)7-9-13/h6-9,11H,4-5,10H2,1-3H3/t11-/m0/s1. The largest absolute Gasteiger partial charge is 0.0651 e. The van der Waals surface area contributed by atoms with Gasteiger partial charge in [-0.1, -0.05) is 51.5 Å². The van der Waals surface area contributed by atoms with E-state index in [1.165, 1.54) is 24.0 Å². The molecular weight excluding hydrogens is 156 g/mol. The molecule has 0 N–H and O–H groups in total. The topological polar surface area (TPSA) is 0 Å². The van der Waals surface area contributed by atoms with Gasteiger partial charge < -0.3 is 0 Å². The molecule has 0 amide bonds. The lowest BCUT2D eigenvalue weighted by atomic mass is 9.98. The number of rotatable bonds is 4. The van der Waals surface area contributed by atoms with E-state index in [1.807, 2.05) is 0 Å². The van der Waals surface area contributed by atoms with E-state index in [2.05, 4.69) is 45.0 Å². The van der Waals surface area contributed by atoms with Crippen LogP contribution >= 0.6 is 0 Å². The fourth-order valence-electron chi connectivity index (χ4n) is 1.46. The van der Waals surface area contributed by atoms with Gasteiger partial charge >= 0.3 is 0 Å². The molecule has 72 valence electrons. The Morgan fingerprint density at radius 2 is 1.54 bits per heavy atom. The first kappa shape index (κ1) is 10.3. The second kappa shape index (κ2) is 5.06. The molecule has 0 radical (unpaired) electrons. The molecule has 0 fully saturated rings. The summed E-state index contributed by atoms with van der Waals surface area (Å²) in [4.78, 5) is 0. The predicted molar refractivity (Wildman–Crippen MR) is 59.0 cm³/mol. The van der Waals surface area contributed by atoms with Crippen LogP contribution in [0.25, 0.3) is 0 Å². The third-order valence-electron chi connectivity index (χ3n) is 2.71. The quantitative estimate of drug-likeness (QED) is 0.654. The van der Waals surface area contributed by atoms with Gasteiger partial charge in [0.25, 0.3) is 0 Å². The lowest BCUT2D eigenvalue weighted by Crippen LogP contribution is -1.97. The summed E-state index contributed by atoms with van der Waals surface area (Å²) in [6.45, 7) is 6.77. The van der Waals surface area contributed by atoms with Gasteiger partial charge in [0.15, 0.2) is 0 Å². The highest BCUT2D eigenvalue weighted by Crippen LogP contribution is 2.12. The van der Waals surface area contributed by atoms with E-state index in [0.717, 1.165) is 12.3 Å². The molecule has 0 bridgehead atoms. The minimum Gasteiger partial charge on any atom is -0.0651 e. The zero-order chi connectivity index (χ0) is 9.68. The Bertz CT molecular complexity index is 233. The lowest BCUT2D eigenvalue weighted by Gasteiger charge is -2.08. The first-order chi connectivity index (χ1) is 6.26. The van der Waals surface area contributed by atoms with E-state index >= 15 is 0 Å². The average Bonchev–Trinajstić information content (AvgIpc) is 2.19. The van der Waals surface area contributed by atoms with Crippen molar-refractivity contribution in [3.8, 4) is 0 Å². The molecule has 0 aliphatic heterocycles. The van der Waals surface area contributed by atoms with Gasteiger partial charge in [-0.15, -0.1) is 0 Å². The Kier molecular flexibility index (Phi) is 4.01. The van der Waals surface area contributed by atoms with Crippen LogP contribution in [-0.2, 0) is 12.8 Å². The average molecular weight is 176 g/mol. The minimum absolute atomic E-state index is 0.812. The zero-order valence-electron chi connectivity index (χ0n) is 9.01. The predicted octanol–water partition coefficient (Wildman–Crippen LogP) is 3.84. The van der Waals surface area contributed by atoms with Crippen LogP contribution in [0.15, 0.2) is 24.3 Å². The Balaban J connectivity index is 2.58. The van der Waals surface area contributed by atoms with Crippen LogP contribution in [0.4, 0.5) is 0 Å². The van der Waals surface area contributed by atoms with Crippen LogP contribution in [0.2, 0.25) is 0 Å². The molecule has 0 saturated heterocycles. The van der Waals surface area contributed by atoms with Crippen molar-refractivity contribution in [2.75, 3.05) is 0 Å². The summed E-state index contributed by atoms with van der Waals surface area (Å²) in [5, 5.41) is 0. The highest BCUT2D eigenvalue weighted by Gasteiger charge is 2.00. The summed E-state index contributed by atoms with van der Waals surface area (Å²) in [6.07, 6.45) is 3.64. The van der Waals surface area contributed by atoms with E-state index in [1.54, 1.807) is 0 Å². The fourth-order valence-corrected chi connectivity index (χ4v) is 1.46. The molecule has 1 rings (SSSR count). The van der Waals surface area contributed by atoms with Crippen molar-refractivity contribution in [2.45, 2.75) is 40.0 Å². The van der Waals surface area contributed by atoms with Gasteiger partial charge in [0.2, 0.25) is 0 Å². The molecule has 0 heteroatoms. The van der Waals surface area contributed by atoms with E-state index in [4.69, 9.17) is 0 Å². The Labute approximate surface area is 82.0 Å². The second-order valence-corrected chi connectivity index (χ2v) is 3.89. The Morgan fingerprint density at radius 3 is 2.00 bits per heavy atom. The molecule has 0 unspecified atom stereocenters. The fraction of sp³-hybridized carbons (Fsp3) is 0.538. The Hall–Kier alpha value is -0.780. The van der Waals surface area contributed by atoms with Crippen LogP contribution < -0.4 is 0 Å². The third-order valence-corrected chi connectivity index (χ3v) is 2.71. The lowest BCUT2D eigenvalue weighted by molar-refractivity contribution is 0.560. The smallest absolute Gasteiger partial charge is 0.0253 e. The summed E-state index contributed by atoms with van der Waals surface area (Å²) in [5.41, 5.74) is 2.92. The van der Waals surface area contributed by atoms with E-state index in [9.17, 15) is 0 Å². The summed E-state index contributed by atoms with van der Waals surface area (Å²) < 4.78 is 0. The van der Waals surface area contributed by atoms with Crippen molar-refractivity contribution in [3.63, 3.8) is 0 Å². The van der Waals surface area contributed by atoms with Gasteiger partial charge in [0, 0.05) is 0 Å². The summed E-state index contributed by atoms with van der Waals surface area (Å²) in [7, 11) is 0. The summed E-state index contributed by atoms with van der Waals surface area (Å²) >= 11 is 0. The van der Waals surface area contributed by atoms with Gasteiger partial charge in [0.05, 0.1) is 0 Å². The molecule has 13 heavy (non-hydrogen) atoms. The highest BCUT2D eigenvalue weighted by atomic mass is 14.1. The first-order valence-electron chi connectivity index (χ1n) is 5.34. The van der Waals surface area contributed by atoms with Crippen LogP contribution in [0, 0.1) is 5.92 Å². The van der Waals surface area contributed by atoms with Crippen LogP contribution in [0.3, 0.4) is 0 Å². The van der Waals surface area contributed by atoms with Gasteiger partial charge in [-0.05, 0) is 29.9 Å². The number of benzene rings is 1.